The summed E-state index contributed by atoms with van der Waals surface area (Å²) in [5, 5.41) is 8.85. The van der Waals surface area contributed by atoms with Crippen molar-refractivity contribution in [1.82, 2.24) is 0 Å². The van der Waals surface area contributed by atoms with Gasteiger partial charge < -0.3 is 9.84 Å². The molecule has 0 aliphatic carbocycles. The van der Waals surface area contributed by atoms with Crippen molar-refractivity contribution >= 4 is 11.8 Å². The molecule has 0 spiro atoms. The molecule has 0 heterocycles. The maximum atomic E-state index is 8.85. The van der Waals surface area contributed by atoms with Crippen molar-refractivity contribution in [2.24, 2.45) is 0 Å². The van der Waals surface area contributed by atoms with Crippen molar-refractivity contribution in [3.63, 3.8) is 0 Å². The van der Waals surface area contributed by atoms with E-state index in [0.717, 1.165) is 24.3 Å². The molecule has 0 bridgehead atoms. The van der Waals surface area contributed by atoms with Gasteiger partial charge in [-0.05, 0) is 24.1 Å². The zero-order chi connectivity index (χ0) is 10.2. The van der Waals surface area contributed by atoms with Crippen LogP contribution in [0.2, 0.25) is 0 Å². The molecule has 0 aliphatic heterocycles. The second-order valence-electron chi connectivity index (χ2n) is 3.00. The van der Waals surface area contributed by atoms with Gasteiger partial charge in [-0.2, -0.15) is 0 Å². The number of aliphatic hydroxyl groups excluding tert-OH is 1. The minimum Gasteiger partial charge on any atom is -0.392 e. The summed E-state index contributed by atoms with van der Waals surface area (Å²) in [6.45, 7) is 0.941. The minimum atomic E-state index is 0.120. The maximum absolute atomic E-state index is 8.85. The van der Waals surface area contributed by atoms with Crippen molar-refractivity contribution < 1.29 is 9.84 Å². The molecule has 0 radical (unpaired) electrons. The van der Waals surface area contributed by atoms with E-state index in [2.05, 4.69) is 0 Å². The third-order valence-electron chi connectivity index (χ3n) is 1.87. The van der Waals surface area contributed by atoms with E-state index in [-0.39, 0.29) is 6.61 Å². The molecule has 0 saturated carbocycles. The SMILES string of the molecule is COCCCSc1ccc(CO)cc1. The highest BCUT2D eigenvalue weighted by Gasteiger charge is 1.94. The molecule has 0 amide bonds. The predicted octanol–water partition coefficient (Wildman–Crippen LogP) is 2.31. The summed E-state index contributed by atoms with van der Waals surface area (Å²) < 4.78 is 4.97. The van der Waals surface area contributed by atoms with Gasteiger partial charge in [0.05, 0.1) is 6.61 Å². The first-order chi connectivity index (χ1) is 6.86. The van der Waals surface area contributed by atoms with Crippen LogP contribution in [0.1, 0.15) is 12.0 Å². The molecule has 2 nitrogen and oxygen atoms in total. The predicted molar refractivity (Wildman–Crippen MR) is 59.6 cm³/mol. The Morgan fingerprint density at radius 2 is 2.00 bits per heavy atom. The van der Waals surface area contributed by atoms with Gasteiger partial charge in [-0.1, -0.05) is 12.1 Å². The van der Waals surface area contributed by atoms with Crippen LogP contribution in [0.3, 0.4) is 0 Å². The van der Waals surface area contributed by atoms with Crippen molar-refractivity contribution in [2.75, 3.05) is 19.5 Å². The van der Waals surface area contributed by atoms with Crippen molar-refractivity contribution in [3.05, 3.63) is 29.8 Å². The topological polar surface area (TPSA) is 29.5 Å². The van der Waals surface area contributed by atoms with Gasteiger partial charge in [0.25, 0.3) is 0 Å². The van der Waals surface area contributed by atoms with Crippen molar-refractivity contribution in [1.29, 1.82) is 0 Å². The van der Waals surface area contributed by atoms with E-state index < -0.39 is 0 Å². The van der Waals surface area contributed by atoms with Crippen LogP contribution in [-0.2, 0) is 11.3 Å². The lowest BCUT2D eigenvalue weighted by Crippen LogP contribution is -1.90. The van der Waals surface area contributed by atoms with Gasteiger partial charge in [-0.3, -0.25) is 0 Å². The Hall–Kier alpha value is -0.510. The van der Waals surface area contributed by atoms with Crippen LogP contribution in [0.15, 0.2) is 29.2 Å². The zero-order valence-electron chi connectivity index (χ0n) is 8.40. The number of thioether (sulfide) groups is 1. The Labute approximate surface area is 89.3 Å². The van der Waals surface area contributed by atoms with Crippen LogP contribution in [-0.4, -0.2) is 24.6 Å². The third-order valence-corrected chi connectivity index (χ3v) is 2.97. The molecule has 1 rings (SSSR count). The van der Waals surface area contributed by atoms with Gasteiger partial charge in [0.1, 0.15) is 0 Å². The van der Waals surface area contributed by atoms with Gasteiger partial charge in [-0.25, -0.2) is 0 Å². The number of methoxy groups -OCH3 is 1. The largest absolute Gasteiger partial charge is 0.392 e. The first kappa shape index (κ1) is 11.6. The highest BCUT2D eigenvalue weighted by Crippen LogP contribution is 2.19. The molecule has 1 N–H and O–H groups in total. The first-order valence-corrected chi connectivity index (χ1v) is 5.67. The summed E-state index contributed by atoms with van der Waals surface area (Å²) in [6, 6.07) is 8.00. The summed E-state index contributed by atoms with van der Waals surface area (Å²) in [4.78, 5) is 1.25. The Kier molecular flexibility index (Phi) is 5.68. The average molecular weight is 212 g/mol. The standard InChI is InChI=1S/C11H16O2S/c1-13-7-2-8-14-11-5-3-10(9-12)4-6-11/h3-6,12H,2,7-9H2,1H3. The highest BCUT2D eigenvalue weighted by atomic mass is 32.2. The molecule has 78 valence electrons. The Morgan fingerprint density at radius 1 is 1.29 bits per heavy atom. The molecule has 0 atom stereocenters. The number of ether oxygens (including phenoxy) is 1. The summed E-state index contributed by atoms with van der Waals surface area (Å²) in [6.07, 6.45) is 1.07. The Balaban J connectivity index is 2.29. The molecule has 1 aromatic rings. The second kappa shape index (κ2) is 6.87. The Bertz CT molecular complexity index is 246. The monoisotopic (exact) mass is 212 g/mol. The average Bonchev–Trinajstić information content (AvgIpc) is 2.25. The third kappa shape index (κ3) is 4.13. The van der Waals surface area contributed by atoms with Crippen LogP contribution < -0.4 is 0 Å². The van der Waals surface area contributed by atoms with Gasteiger partial charge in [0, 0.05) is 24.4 Å². The summed E-state index contributed by atoms with van der Waals surface area (Å²) >= 11 is 1.82. The lowest BCUT2D eigenvalue weighted by molar-refractivity contribution is 0.200. The van der Waals surface area contributed by atoms with E-state index in [4.69, 9.17) is 9.84 Å². The molecular formula is C11H16O2S. The maximum Gasteiger partial charge on any atom is 0.0681 e. The minimum absolute atomic E-state index is 0.120. The van der Waals surface area contributed by atoms with Gasteiger partial charge in [0.15, 0.2) is 0 Å². The summed E-state index contributed by atoms with van der Waals surface area (Å²) in [7, 11) is 1.72. The van der Waals surface area contributed by atoms with E-state index >= 15 is 0 Å². The van der Waals surface area contributed by atoms with Gasteiger partial charge >= 0.3 is 0 Å². The van der Waals surface area contributed by atoms with Crippen LogP contribution in [0.5, 0.6) is 0 Å². The van der Waals surface area contributed by atoms with E-state index in [9.17, 15) is 0 Å². The first-order valence-electron chi connectivity index (χ1n) is 4.68. The smallest absolute Gasteiger partial charge is 0.0681 e. The van der Waals surface area contributed by atoms with Gasteiger partial charge in [-0.15, -0.1) is 11.8 Å². The number of benzene rings is 1. The zero-order valence-corrected chi connectivity index (χ0v) is 9.22. The highest BCUT2D eigenvalue weighted by molar-refractivity contribution is 7.99. The molecule has 0 fully saturated rings. The number of rotatable bonds is 6. The number of hydrogen-bond donors (Lipinski definition) is 1. The van der Waals surface area contributed by atoms with E-state index in [1.165, 1.54) is 4.90 Å². The quantitative estimate of drug-likeness (QED) is 0.579. The van der Waals surface area contributed by atoms with Crippen molar-refractivity contribution in [3.8, 4) is 0 Å². The normalized spacial score (nSPS) is 10.4. The molecule has 0 unspecified atom stereocenters. The van der Waals surface area contributed by atoms with E-state index in [0.29, 0.717) is 0 Å². The van der Waals surface area contributed by atoms with Crippen LogP contribution in [0.25, 0.3) is 0 Å². The molecule has 0 aliphatic rings. The second-order valence-corrected chi connectivity index (χ2v) is 4.17. The number of aliphatic hydroxyl groups is 1. The van der Waals surface area contributed by atoms with Crippen LogP contribution in [0.4, 0.5) is 0 Å². The fraction of sp³-hybridized carbons (Fsp3) is 0.455. The fourth-order valence-electron chi connectivity index (χ4n) is 1.08. The van der Waals surface area contributed by atoms with E-state index in [1.807, 2.05) is 36.0 Å². The molecule has 3 heteroatoms. The Morgan fingerprint density at radius 3 is 2.57 bits per heavy atom. The molecule has 14 heavy (non-hydrogen) atoms. The summed E-state index contributed by atoms with van der Waals surface area (Å²) in [5.74, 6) is 1.08. The lowest BCUT2D eigenvalue weighted by atomic mass is 10.2. The molecule has 1 aromatic carbocycles. The number of hydrogen-bond acceptors (Lipinski definition) is 3. The van der Waals surface area contributed by atoms with Crippen LogP contribution in [0, 0.1) is 0 Å². The van der Waals surface area contributed by atoms with Crippen LogP contribution >= 0.6 is 11.8 Å². The van der Waals surface area contributed by atoms with E-state index in [1.54, 1.807) is 7.11 Å². The fourth-order valence-corrected chi connectivity index (χ4v) is 1.91. The summed E-state index contributed by atoms with van der Waals surface area (Å²) in [5.41, 5.74) is 0.964. The lowest BCUT2D eigenvalue weighted by Gasteiger charge is -2.02. The molecule has 0 saturated heterocycles. The molecular weight excluding hydrogens is 196 g/mol. The molecule has 0 aromatic heterocycles. The van der Waals surface area contributed by atoms with Gasteiger partial charge in [0.2, 0.25) is 0 Å². The van der Waals surface area contributed by atoms with Crippen molar-refractivity contribution in [2.45, 2.75) is 17.9 Å².